The molecule has 2 rings (SSSR count). The Balaban J connectivity index is 2.04. The Morgan fingerprint density at radius 2 is 2.30 bits per heavy atom. The number of rotatable bonds is 5. The molecule has 1 aliphatic rings. The Hall–Kier alpha value is -1.40. The molecular weight excluding hydrogens is 258 g/mol. The number of ether oxygens (including phenoxy) is 1. The molecule has 2 heterocycles. The number of carbonyl (C=O) groups is 1. The number of methoxy groups -OCH3 is 1. The molecule has 0 bridgehead atoms. The van der Waals surface area contributed by atoms with Crippen LogP contribution in [0.4, 0.5) is 0 Å². The maximum absolute atomic E-state index is 12.6. The summed E-state index contributed by atoms with van der Waals surface area (Å²) >= 11 is 0. The summed E-state index contributed by atoms with van der Waals surface area (Å²) in [6.45, 7) is 5.83. The fourth-order valence-corrected chi connectivity index (χ4v) is 2.60. The van der Waals surface area contributed by atoms with Crippen molar-refractivity contribution in [2.45, 2.75) is 32.7 Å². The smallest absolute Gasteiger partial charge is 0.229 e. The van der Waals surface area contributed by atoms with Gasteiger partial charge in [0.2, 0.25) is 11.8 Å². The van der Waals surface area contributed by atoms with Crippen molar-refractivity contribution in [2.24, 2.45) is 5.41 Å². The number of nitrogens with one attached hydrogen (secondary N) is 2. The molecule has 1 aliphatic heterocycles. The molecule has 0 aliphatic carbocycles. The predicted molar refractivity (Wildman–Crippen MR) is 74.2 cm³/mol. The van der Waals surface area contributed by atoms with Crippen LogP contribution < -0.4 is 10.6 Å². The van der Waals surface area contributed by atoms with E-state index < -0.39 is 5.41 Å². The minimum Gasteiger partial charge on any atom is -0.444 e. The number of amides is 1. The lowest BCUT2D eigenvalue weighted by atomic mass is 9.78. The molecule has 6 heteroatoms. The summed E-state index contributed by atoms with van der Waals surface area (Å²) in [5.74, 6) is 1.30. The number of aryl methyl sites for hydroxylation is 1. The molecule has 1 amide bonds. The number of aromatic nitrogens is 1. The van der Waals surface area contributed by atoms with Gasteiger partial charge in [0.15, 0.2) is 0 Å². The van der Waals surface area contributed by atoms with Crippen LogP contribution in [0.2, 0.25) is 0 Å². The minimum atomic E-state index is -0.449. The van der Waals surface area contributed by atoms with E-state index in [1.54, 1.807) is 13.3 Å². The van der Waals surface area contributed by atoms with Crippen LogP contribution in [-0.4, -0.2) is 37.7 Å². The normalized spacial score (nSPS) is 19.6. The first-order valence-electron chi connectivity index (χ1n) is 7.00. The van der Waals surface area contributed by atoms with Crippen LogP contribution in [0, 0.1) is 12.3 Å². The quantitative estimate of drug-likeness (QED) is 0.847. The molecule has 0 aromatic carbocycles. The van der Waals surface area contributed by atoms with Crippen LogP contribution in [0.3, 0.4) is 0 Å². The number of nitrogens with zero attached hydrogens (tertiary/aromatic N) is 1. The molecule has 1 aromatic heterocycles. The molecule has 0 spiro atoms. The topological polar surface area (TPSA) is 76.4 Å². The van der Waals surface area contributed by atoms with E-state index >= 15 is 0 Å². The number of oxazole rings is 1. The van der Waals surface area contributed by atoms with Crippen molar-refractivity contribution in [3.8, 4) is 0 Å². The maximum Gasteiger partial charge on any atom is 0.229 e. The molecule has 0 radical (unpaired) electrons. The van der Waals surface area contributed by atoms with Crippen molar-refractivity contribution < 1.29 is 13.9 Å². The van der Waals surface area contributed by atoms with Crippen molar-refractivity contribution in [2.75, 3.05) is 26.8 Å². The van der Waals surface area contributed by atoms with E-state index in [4.69, 9.17) is 9.15 Å². The molecule has 6 nitrogen and oxygen atoms in total. The summed E-state index contributed by atoms with van der Waals surface area (Å²) in [6.07, 6.45) is 3.22. The molecular formula is C14H23N3O3. The second kappa shape index (κ2) is 6.37. The van der Waals surface area contributed by atoms with E-state index in [9.17, 15) is 4.79 Å². The fourth-order valence-electron chi connectivity index (χ4n) is 2.60. The zero-order valence-electron chi connectivity index (χ0n) is 12.4. The average molecular weight is 281 g/mol. The van der Waals surface area contributed by atoms with Crippen LogP contribution in [0.5, 0.6) is 0 Å². The van der Waals surface area contributed by atoms with Crippen molar-refractivity contribution in [1.82, 2.24) is 15.6 Å². The monoisotopic (exact) mass is 281 g/mol. The van der Waals surface area contributed by atoms with E-state index in [2.05, 4.69) is 15.6 Å². The van der Waals surface area contributed by atoms with Crippen LogP contribution >= 0.6 is 0 Å². The van der Waals surface area contributed by atoms with E-state index in [0.29, 0.717) is 12.5 Å². The van der Waals surface area contributed by atoms with Crippen molar-refractivity contribution in [3.63, 3.8) is 0 Å². The highest BCUT2D eigenvalue weighted by Gasteiger charge is 2.40. The summed E-state index contributed by atoms with van der Waals surface area (Å²) in [4.78, 5) is 16.8. The standard InChI is InChI=1S/C14H23N3O3/c1-10-8-16-12(20-10)11(2)17-13(18)14(9-19-3)4-6-15-7-5-14/h8,11,15H,4-7,9H2,1-3H3,(H,17,18). The highest BCUT2D eigenvalue weighted by atomic mass is 16.5. The molecule has 1 aromatic rings. The molecule has 0 saturated carbocycles. The van der Waals surface area contributed by atoms with Gasteiger partial charge in [-0.2, -0.15) is 0 Å². The van der Waals surface area contributed by atoms with Gasteiger partial charge in [0.25, 0.3) is 0 Å². The van der Waals surface area contributed by atoms with E-state index in [1.165, 1.54) is 0 Å². The summed E-state index contributed by atoms with van der Waals surface area (Å²) < 4.78 is 10.7. The number of carbonyl (C=O) groups excluding carboxylic acids is 1. The number of hydrogen-bond donors (Lipinski definition) is 2. The van der Waals surface area contributed by atoms with E-state index in [0.717, 1.165) is 31.7 Å². The van der Waals surface area contributed by atoms with Gasteiger partial charge < -0.3 is 19.8 Å². The zero-order chi connectivity index (χ0) is 14.6. The lowest BCUT2D eigenvalue weighted by Crippen LogP contribution is -2.50. The molecule has 1 fully saturated rings. The summed E-state index contributed by atoms with van der Waals surface area (Å²) in [7, 11) is 1.64. The lowest BCUT2D eigenvalue weighted by molar-refractivity contribution is -0.137. The van der Waals surface area contributed by atoms with Crippen LogP contribution in [-0.2, 0) is 9.53 Å². The molecule has 1 saturated heterocycles. The maximum atomic E-state index is 12.6. The van der Waals surface area contributed by atoms with Gasteiger partial charge in [-0.05, 0) is 39.8 Å². The molecule has 1 unspecified atom stereocenters. The Labute approximate surface area is 119 Å². The van der Waals surface area contributed by atoms with Gasteiger partial charge >= 0.3 is 0 Å². The third-order valence-electron chi connectivity index (χ3n) is 3.82. The molecule has 1 atom stereocenters. The van der Waals surface area contributed by atoms with Gasteiger partial charge in [-0.15, -0.1) is 0 Å². The number of piperidine rings is 1. The minimum absolute atomic E-state index is 0.0178. The molecule has 112 valence electrons. The lowest BCUT2D eigenvalue weighted by Gasteiger charge is -2.36. The third kappa shape index (κ3) is 3.19. The summed E-state index contributed by atoms with van der Waals surface area (Å²) in [6, 6.07) is -0.236. The fraction of sp³-hybridized carbons (Fsp3) is 0.714. The van der Waals surface area contributed by atoms with Gasteiger partial charge in [0.1, 0.15) is 11.8 Å². The van der Waals surface area contributed by atoms with Crippen LogP contribution in [0.15, 0.2) is 10.6 Å². The first-order valence-corrected chi connectivity index (χ1v) is 7.00. The summed E-state index contributed by atoms with van der Waals surface area (Å²) in [5.41, 5.74) is -0.449. The van der Waals surface area contributed by atoms with E-state index in [1.807, 2.05) is 13.8 Å². The predicted octanol–water partition coefficient (Wildman–Crippen LogP) is 1.18. The second-order valence-electron chi connectivity index (χ2n) is 5.47. The molecule has 20 heavy (non-hydrogen) atoms. The summed E-state index contributed by atoms with van der Waals surface area (Å²) in [5, 5.41) is 6.28. The first-order chi connectivity index (χ1) is 9.57. The highest BCUT2D eigenvalue weighted by molar-refractivity contribution is 5.83. The van der Waals surface area contributed by atoms with Gasteiger partial charge in [-0.1, -0.05) is 0 Å². The zero-order valence-corrected chi connectivity index (χ0v) is 12.4. The highest BCUT2D eigenvalue weighted by Crippen LogP contribution is 2.30. The van der Waals surface area contributed by atoms with Crippen molar-refractivity contribution in [3.05, 3.63) is 17.8 Å². The Morgan fingerprint density at radius 3 is 2.85 bits per heavy atom. The van der Waals surface area contributed by atoms with Crippen LogP contribution in [0.1, 0.15) is 37.5 Å². The van der Waals surface area contributed by atoms with E-state index in [-0.39, 0.29) is 11.9 Å². The second-order valence-corrected chi connectivity index (χ2v) is 5.47. The van der Waals surface area contributed by atoms with Gasteiger partial charge in [0.05, 0.1) is 18.2 Å². The average Bonchev–Trinajstić information content (AvgIpc) is 2.87. The Morgan fingerprint density at radius 1 is 1.60 bits per heavy atom. The van der Waals surface area contributed by atoms with Gasteiger partial charge in [0, 0.05) is 7.11 Å². The van der Waals surface area contributed by atoms with Crippen LogP contribution in [0.25, 0.3) is 0 Å². The Kier molecular flexibility index (Phi) is 4.77. The number of hydrogen-bond acceptors (Lipinski definition) is 5. The van der Waals surface area contributed by atoms with Crippen molar-refractivity contribution in [1.29, 1.82) is 0 Å². The SMILES string of the molecule is COCC1(C(=O)NC(C)c2ncc(C)o2)CCNCC1. The van der Waals surface area contributed by atoms with Gasteiger partial charge in [-0.25, -0.2) is 4.98 Å². The largest absolute Gasteiger partial charge is 0.444 e. The first kappa shape index (κ1) is 15.0. The molecule has 2 N–H and O–H groups in total. The van der Waals surface area contributed by atoms with Gasteiger partial charge in [-0.3, -0.25) is 4.79 Å². The Bertz CT molecular complexity index is 447. The van der Waals surface area contributed by atoms with Crippen molar-refractivity contribution >= 4 is 5.91 Å². The third-order valence-corrected chi connectivity index (χ3v) is 3.82.